The van der Waals surface area contributed by atoms with Crippen molar-refractivity contribution in [3.8, 4) is 0 Å². The van der Waals surface area contributed by atoms with E-state index in [1.807, 2.05) is 38.1 Å². The molecule has 122 valence electrons. The first kappa shape index (κ1) is 16.2. The zero-order valence-corrected chi connectivity index (χ0v) is 14.1. The van der Waals surface area contributed by atoms with Crippen LogP contribution in [0.3, 0.4) is 0 Å². The third-order valence-corrected chi connectivity index (χ3v) is 3.60. The van der Waals surface area contributed by atoms with Crippen molar-refractivity contribution in [2.24, 2.45) is 0 Å². The molecular weight excluding hydrogens is 324 g/mol. The molecule has 0 spiro atoms. The molecule has 0 fully saturated rings. The van der Waals surface area contributed by atoms with Crippen molar-refractivity contribution >= 4 is 40.0 Å². The van der Waals surface area contributed by atoms with E-state index in [-0.39, 0.29) is 11.9 Å². The summed E-state index contributed by atoms with van der Waals surface area (Å²) in [5.41, 5.74) is 2.23. The summed E-state index contributed by atoms with van der Waals surface area (Å²) in [6.45, 7) is 3.86. The first-order chi connectivity index (χ1) is 11.5. The van der Waals surface area contributed by atoms with Crippen molar-refractivity contribution < 1.29 is 4.79 Å². The van der Waals surface area contributed by atoms with Crippen molar-refractivity contribution in [1.82, 2.24) is 15.3 Å². The molecule has 0 unspecified atom stereocenters. The minimum Gasteiger partial charge on any atom is -0.350 e. The average Bonchev–Trinajstić information content (AvgIpc) is 2.55. The molecule has 24 heavy (non-hydrogen) atoms. The van der Waals surface area contributed by atoms with Crippen LogP contribution < -0.4 is 10.6 Å². The standard InChI is InChI=1S/C18H17ClN4O/c1-11(2)21-17(24)12-3-6-15(7-4-12)22-18-20-10-13-9-14(19)5-8-16(13)23-18/h3-11H,1-2H3,(H,21,24)(H,20,22,23). The number of carbonyl (C=O) groups is 1. The van der Waals surface area contributed by atoms with E-state index in [2.05, 4.69) is 20.6 Å². The van der Waals surface area contributed by atoms with E-state index in [4.69, 9.17) is 11.6 Å². The highest BCUT2D eigenvalue weighted by Crippen LogP contribution is 2.20. The summed E-state index contributed by atoms with van der Waals surface area (Å²) in [6, 6.07) is 12.8. The number of carbonyl (C=O) groups excluding carboxylic acids is 1. The Bertz CT molecular complexity index is 878. The number of halogens is 1. The van der Waals surface area contributed by atoms with Gasteiger partial charge in [0.1, 0.15) is 0 Å². The Morgan fingerprint density at radius 3 is 2.58 bits per heavy atom. The fourth-order valence-corrected chi connectivity index (χ4v) is 2.42. The zero-order chi connectivity index (χ0) is 17.1. The maximum absolute atomic E-state index is 11.9. The lowest BCUT2D eigenvalue weighted by atomic mass is 10.2. The first-order valence-corrected chi connectivity index (χ1v) is 7.99. The molecular formula is C18H17ClN4O. The molecule has 1 amide bonds. The van der Waals surface area contributed by atoms with Gasteiger partial charge < -0.3 is 10.6 Å². The Morgan fingerprint density at radius 2 is 1.88 bits per heavy atom. The number of nitrogens with zero attached hydrogens (tertiary/aromatic N) is 2. The van der Waals surface area contributed by atoms with Gasteiger partial charge in [-0.3, -0.25) is 4.79 Å². The highest BCUT2D eigenvalue weighted by atomic mass is 35.5. The van der Waals surface area contributed by atoms with Gasteiger partial charge >= 0.3 is 0 Å². The number of fused-ring (bicyclic) bond motifs is 1. The summed E-state index contributed by atoms with van der Waals surface area (Å²) in [7, 11) is 0. The summed E-state index contributed by atoms with van der Waals surface area (Å²) in [5.74, 6) is 0.402. The molecule has 2 aromatic carbocycles. The van der Waals surface area contributed by atoms with E-state index in [0.29, 0.717) is 16.5 Å². The lowest BCUT2D eigenvalue weighted by Crippen LogP contribution is -2.29. The summed E-state index contributed by atoms with van der Waals surface area (Å²) < 4.78 is 0. The molecule has 0 aliphatic heterocycles. The largest absolute Gasteiger partial charge is 0.350 e. The van der Waals surface area contributed by atoms with Crippen molar-refractivity contribution in [1.29, 1.82) is 0 Å². The zero-order valence-electron chi connectivity index (χ0n) is 13.4. The number of amides is 1. The van der Waals surface area contributed by atoms with Crippen molar-refractivity contribution in [3.05, 3.63) is 59.2 Å². The molecule has 2 N–H and O–H groups in total. The normalized spacial score (nSPS) is 10.8. The number of hydrogen-bond donors (Lipinski definition) is 2. The number of hydrogen-bond acceptors (Lipinski definition) is 4. The van der Waals surface area contributed by atoms with Crippen molar-refractivity contribution in [2.75, 3.05) is 5.32 Å². The lowest BCUT2D eigenvalue weighted by molar-refractivity contribution is 0.0943. The molecule has 1 aromatic heterocycles. The van der Waals surface area contributed by atoms with Crippen molar-refractivity contribution in [2.45, 2.75) is 19.9 Å². The molecule has 5 nitrogen and oxygen atoms in total. The molecule has 1 heterocycles. The van der Waals surface area contributed by atoms with Crippen LogP contribution in [0.15, 0.2) is 48.7 Å². The summed E-state index contributed by atoms with van der Waals surface area (Å²) in [6.07, 6.45) is 1.72. The Labute approximate surface area is 145 Å². The van der Waals surface area contributed by atoms with Crippen molar-refractivity contribution in [3.63, 3.8) is 0 Å². The minimum absolute atomic E-state index is 0.0876. The van der Waals surface area contributed by atoms with Crippen LogP contribution in [0.5, 0.6) is 0 Å². The fraction of sp³-hybridized carbons (Fsp3) is 0.167. The third-order valence-electron chi connectivity index (χ3n) is 3.36. The molecule has 3 aromatic rings. The molecule has 3 rings (SSSR count). The molecule has 0 radical (unpaired) electrons. The predicted molar refractivity (Wildman–Crippen MR) is 96.9 cm³/mol. The van der Waals surface area contributed by atoms with Gasteiger partial charge in [0.05, 0.1) is 5.52 Å². The molecule has 0 saturated heterocycles. The number of anilines is 2. The van der Waals surface area contributed by atoms with Crippen LogP contribution in [0, 0.1) is 0 Å². The number of nitrogens with one attached hydrogen (secondary N) is 2. The monoisotopic (exact) mass is 340 g/mol. The second-order valence-corrected chi connectivity index (χ2v) is 6.16. The molecule has 0 bridgehead atoms. The summed E-state index contributed by atoms with van der Waals surface area (Å²) in [4.78, 5) is 20.7. The average molecular weight is 341 g/mol. The number of benzene rings is 2. The Morgan fingerprint density at radius 1 is 1.12 bits per heavy atom. The predicted octanol–water partition coefficient (Wildman–Crippen LogP) is 4.17. The smallest absolute Gasteiger partial charge is 0.251 e. The Kier molecular flexibility index (Phi) is 4.62. The van der Waals surface area contributed by atoms with Crippen LogP contribution in [0.2, 0.25) is 5.02 Å². The van der Waals surface area contributed by atoms with Gasteiger partial charge in [-0.1, -0.05) is 11.6 Å². The van der Waals surface area contributed by atoms with Crippen LogP contribution in [-0.2, 0) is 0 Å². The lowest BCUT2D eigenvalue weighted by Gasteiger charge is -2.09. The van der Waals surface area contributed by atoms with E-state index in [9.17, 15) is 4.79 Å². The highest BCUT2D eigenvalue weighted by molar-refractivity contribution is 6.31. The number of aromatic nitrogens is 2. The minimum atomic E-state index is -0.0876. The second-order valence-electron chi connectivity index (χ2n) is 5.73. The summed E-state index contributed by atoms with van der Waals surface area (Å²) in [5, 5.41) is 7.53. The van der Waals surface area contributed by atoms with E-state index in [1.54, 1.807) is 24.4 Å². The Balaban J connectivity index is 1.76. The van der Waals surface area contributed by atoms with Gasteiger partial charge in [-0.2, -0.15) is 0 Å². The second kappa shape index (κ2) is 6.84. The van der Waals surface area contributed by atoms with Crippen LogP contribution in [0.1, 0.15) is 24.2 Å². The molecule has 6 heteroatoms. The van der Waals surface area contributed by atoms with Gasteiger partial charge in [0.15, 0.2) is 0 Å². The molecule has 0 aliphatic rings. The van der Waals surface area contributed by atoms with Gasteiger partial charge in [-0.25, -0.2) is 9.97 Å². The molecule has 0 aliphatic carbocycles. The van der Waals surface area contributed by atoms with E-state index in [0.717, 1.165) is 16.6 Å². The van der Waals surface area contributed by atoms with Gasteiger partial charge in [0, 0.05) is 33.9 Å². The summed E-state index contributed by atoms with van der Waals surface area (Å²) >= 11 is 5.96. The van der Waals surface area contributed by atoms with Crippen LogP contribution in [-0.4, -0.2) is 21.9 Å². The first-order valence-electron chi connectivity index (χ1n) is 7.61. The number of rotatable bonds is 4. The topological polar surface area (TPSA) is 66.9 Å². The van der Waals surface area contributed by atoms with Gasteiger partial charge in [-0.15, -0.1) is 0 Å². The fourth-order valence-electron chi connectivity index (χ4n) is 2.24. The van der Waals surface area contributed by atoms with Crippen LogP contribution in [0.4, 0.5) is 11.6 Å². The van der Waals surface area contributed by atoms with Crippen LogP contribution >= 0.6 is 11.6 Å². The Hall–Kier alpha value is -2.66. The molecule has 0 atom stereocenters. The highest BCUT2D eigenvalue weighted by Gasteiger charge is 2.07. The SMILES string of the molecule is CC(C)NC(=O)c1ccc(Nc2ncc3cc(Cl)ccc3n2)cc1. The quantitative estimate of drug-likeness (QED) is 0.748. The van der Waals surface area contributed by atoms with Gasteiger partial charge in [0.25, 0.3) is 5.91 Å². The maximum atomic E-state index is 11.9. The van der Waals surface area contributed by atoms with E-state index < -0.39 is 0 Å². The van der Waals surface area contributed by atoms with E-state index in [1.165, 1.54) is 0 Å². The van der Waals surface area contributed by atoms with Gasteiger partial charge in [-0.05, 0) is 56.3 Å². The van der Waals surface area contributed by atoms with Crippen LogP contribution in [0.25, 0.3) is 10.9 Å². The molecule has 0 saturated carbocycles. The maximum Gasteiger partial charge on any atom is 0.251 e. The van der Waals surface area contributed by atoms with E-state index >= 15 is 0 Å². The van der Waals surface area contributed by atoms with Gasteiger partial charge in [0.2, 0.25) is 5.95 Å². The third kappa shape index (κ3) is 3.81.